The smallest absolute Gasteiger partial charge is 0.161 e. The molecule has 0 fully saturated rings. The Labute approximate surface area is 136 Å². The van der Waals surface area contributed by atoms with E-state index in [2.05, 4.69) is 0 Å². The molecule has 0 aliphatic heterocycles. The number of methoxy groups -OCH3 is 1. The van der Waals surface area contributed by atoms with Gasteiger partial charge < -0.3 is 24.6 Å². The summed E-state index contributed by atoms with van der Waals surface area (Å²) in [6, 6.07) is 17.0. The predicted molar refractivity (Wildman–Crippen MR) is 90.2 cm³/mol. The Bertz CT molecular complexity index is 576. The molecule has 23 heavy (non-hydrogen) atoms. The third-order valence-corrected chi connectivity index (χ3v) is 3.42. The molecule has 0 bridgehead atoms. The first-order chi connectivity index (χ1) is 11.2. The first kappa shape index (κ1) is 17.1. The highest BCUT2D eigenvalue weighted by Gasteiger charge is 2.14. The fourth-order valence-corrected chi connectivity index (χ4v) is 2.32. The molecule has 0 saturated carbocycles. The topological polar surface area (TPSA) is 62.2 Å². The Morgan fingerprint density at radius 1 is 1.00 bits per heavy atom. The van der Waals surface area contributed by atoms with Crippen molar-refractivity contribution in [2.75, 3.05) is 38.3 Å². The van der Waals surface area contributed by atoms with Crippen molar-refractivity contribution in [2.24, 2.45) is 0 Å². The molecule has 0 heterocycles. The van der Waals surface area contributed by atoms with Crippen LogP contribution in [0.15, 0.2) is 54.6 Å². The molecular weight excluding hydrogens is 294 g/mol. The average Bonchev–Trinajstić information content (AvgIpc) is 2.60. The predicted octanol–water partition coefficient (Wildman–Crippen LogP) is 1.93. The molecule has 0 aliphatic rings. The Morgan fingerprint density at radius 2 is 1.65 bits per heavy atom. The van der Waals surface area contributed by atoms with Crippen molar-refractivity contribution in [3.63, 3.8) is 0 Å². The van der Waals surface area contributed by atoms with Crippen LogP contribution in [0, 0.1) is 0 Å². The van der Waals surface area contributed by atoms with Crippen LogP contribution in [0.3, 0.4) is 0 Å². The molecule has 1 atom stereocenters. The van der Waals surface area contributed by atoms with Crippen molar-refractivity contribution in [1.82, 2.24) is 0 Å². The molecule has 0 saturated heterocycles. The van der Waals surface area contributed by atoms with Gasteiger partial charge >= 0.3 is 0 Å². The summed E-state index contributed by atoms with van der Waals surface area (Å²) in [6.07, 6.45) is -0.688. The van der Waals surface area contributed by atoms with Crippen LogP contribution in [-0.4, -0.2) is 49.7 Å². The van der Waals surface area contributed by atoms with E-state index in [1.54, 1.807) is 13.2 Å². The fourth-order valence-electron chi connectivity index (χ4n) is 2.32. The van der Waals surface area contributed by atoms with Gasteiger partial charge in [-0.15, -0.1) is 0 Å². The summed E-state index contributed by atoms with van der Waals surface area (Å²) in [4.78, 5) is 1.93. The number of benzene rings is 2. The Morgan fingerprint density at radius 3 is 2.30 bits per heavy atom. The highest BCUT2D eigenvalue weighted by Crippen LogP contribution is 2.25. The molecule has 0 aromatic heterocycles. The molecule has 5 nitrogen and oxygen atoms in total. The van der Waals surface area contributed by atoms with E-state index in [9.17, 15) is 10.2 Å². The van der Waals surface area contributed by atoms with Gasteiger partial charge in [-0.25, -0.2) is 0 Å². The third-order valence-electron chi connectivity index (χ3n) is 3.42. The molecule has 5 heteroatoms. The zero-order valence-electron chi connectivity index (χ0n) is 13.3. The summed E-state index contributed by atoms with van der Waals surface area (Å²) in [5.74, 6) is 1.23. The maximum absolute atomic E-state index is 10.2. The maximum atomic E-state index is 10.2. The van der Waals surface area contributed by atoms with Crippen LogP contribution in [-0.2, 0) is 0 Å². The first-order valence-electron chi connectivity index (χ1n) is 7.59. The summed E-state index contributed by atoms with van der Waals surface area (Å²) in [5.41, 5.74) is 0.956. The lowest BCUT2D eigenvalue weighted by Gasteiger charge is -2.26. The summed E-state index contributed by atoms with van der Waals surface area (Å²) in [7, 11) is 1.58. The van der Waals surface area contributed by atoms with Crippen LogP contribution in [0.4, 0.5) is 5.69 Å². The number of nitrogens with zero attached hydrogens (tertiary/aromatic N) is 1. The lowest BCUT2D eigenvalue weighted by atomic mass is 10.2. The van der Waals surface area contributed by atoms with Crippen LogP contribution in [0.5, 0.6) is 11.5 Å². The van der Waals surface area contributed by atoms with Crippen molar-refractivity contribution < 1.29 is 19.7 Å². The van der Waals surface area contributed by atoms with E-state index in [0.717, 1.165) is 5.69 Å². The van der Waals surface area contributed by atoms with Crippen LogP contribution < -0.4 is 14.4 Å². The second kappa shape index (κ2) is 9.02. The second-order valence-electron chi connectivity index (χ2n) is 5.12. The van der Waals surface area contributed by atoms with E-state index >= 15 is 0 Å². The number of aliphatic hydroxyl groups is 2. The molecule has 0 amide bonds. The van der Waals surface area contributed by atoms with Crippen LogP contribution in [0.25, 0.3) is 0 Å². The SMILES string of the molecule is COc1ccccc1OCC(O)CN(CCO)c1ccccc1. The summed E-state index contributed by atoms with van der Waals surface area (Å²) in [6.45, 7) is 1.000. The van der Waals surface area contributed by atoms with Gasteiger partial charge in [0.2, 0.25) is 0 Å². The maximum Gasteiger partial charge on any atom is 0.161 e. The van der Waals surface area contributed by atoms with E-state index in [-0.39, 0.29) is 13.2 Å². The third kappa shape index (κ3) is 5.16. The summed E-state index contributed by atoms with van der Waals surface area (Å²) < 4.78 is 10.9. The molecule has 2 N–H and O–H groups in total. The van der Waals surface area contributed by atoms with Gasteiger partial charge in [0.1, 0.15) is 12.7 Å². The Hall–Kier alpha value is -2.24. The van der Waals surface area contributed by atoms with E-state index in [0.29, 0.717) is 24.6 Å². The van der Waals surface area contributed by atoms with E-state index in [1.807, 2.05) is 53.4 Å². The molecule has 0 radical (unpaired) electrons. The van der Waals surface area contributed by atoms with E-state index < -0.39 is 6.10 Å². The van der Waals surface area contributed by atoms with Gasteiger partial charge in [0.15, 0.2) is 11.5 Å². The molecule has 124 valence electrons. The number of anilines is 1. The second-order valence-corrected chi connectivity index (χ2v) is 5.12. The number of hydrogen-bond donors (Lipinski definition) is 2. The van der Waals surface area contributed by atoms with Gasteiger partial charge in [-0.1, -0.05) is 30.3 Å². The lowest BCUT2D eigenvalue weighted by molar-refractivity contribution is 0.109. The molecule has 2 rings (SSSR count). The zero-order valence-corrected chi connectivity index (χ0v) is 13.3. The van der Waals surface area contributed by atoms with Crippen molar-refractivity contribution in [1.29, 1.82) is 0 Å². The van der Waals surface area contributed by atoms with Crippen molar-refractivity contribution in [3.8, 4) is 11.5 Å². The van der Waals surface area contributed by atoms with Crippen LogP contribution in [0.2, 0.25) is 0 Å². The number of hydrogen-bond acceptors (Lipinski definition) is 5. The normalized spacial score (nSPS) is 11.8. The van der Waals surface area contributed by atoms with Gasteiger partial charge in [0.05, 0.1) is 13.7 Å². The van der Waals surface area contributed by atoms with E-state index in [1.165, 1.54) is 0 Å². The van der Waals surface area contributed by atoms with Gasteiger partial charge in [0, 0.05) is 18.8 Å². The molecule has 2 aromatic carbocycles. The number of aliphatic hydroxyl groups excluding tert-OH is 2. The molecular formula is C18H23NO4. The van der Waals surface area contributed by atoms with Crippen LogP contribution >= 0.6 is 0 Å². The summed E-state index contributed by atoms with van der Waals surface area (Å²) in [5, 5.41) is 19.5. The molecule has 2 aromatic rings. The van der Waals surface area contributed by atoms with E-state index in [4.69, 9.17) is 9.47 Å². The number of ether oxygens (including phenoxy) is 2. The molecule has 0 spiro atoms. The highest BCUT2D eigenvalue weighted by molar-refractivity contribution is 5.46. The van der Waals surface area contributed by atoms with Crippen LogP contribution in [0.1, 0.15) is 0 Å². The quantitative estimate of drug-likeness (QED) is 0.740. The van der Waals surface area contributed by atoms with Gasteiger partial charge in [-0.05, 0) is 24.3 Å². The largest absolute Gasteiger partial charge is 0.493 e. The fraction of sp³-hybridized carbons (Fsp3) is 0.333. The minimum absolute atomic E-state index is 0.0228. The first-order valence-corrected chi connectivity index (χ1v) is 7.59. The summed E-state index contributed by atoms with van der Waals surface area (Å²) >= 11 is 0. The standard InChI is InChI=1S/C18H23NO4/c1-22-17-9-5-6-10-18(17)23-14-16(21)13-19(11-12-20)15-7-3-2-4-8-15/h2-10,16,20-21H,11-14H2,1H3. The van der Waals surface area contributed by atoms with Gasteiger partial charge in [0.25, 0.3) is 0 Å². The number of para-hydroxylation sites is 3. The number of rotatable bonds is 9. The van der Waals surface area contributed by atoms with Gasteiger partial charge in [-0.3, -0.25) is 0 Å². The Balaban J connectivity index is 1.93. The monoisotopic (exact) mass is 317 g/mol. The van der Waals surface area contributed by atoms with Gasteiger partial charge in [-0.2, -0.15) is 0 Å². The highest BCUT2D eigenvalue weighted by atomic mass is 16.5. The Kier molecular flexibility index (Phi) is 6.72. The lowest BCUT2D eigenvalue weighted by Crippen LogP contribution is -2.37. The van der Waals surface area contributed by atoms with Crippen molar-refractivity contribution in [2.45, 2.75) is 6.10 Å². The molecule has 0 aliphatic carbocycles. The zero-order chi connectivity index (χ0) is 16.5. The minimum Gasteiger partial charge on any atom is -0.493 e. The minimum atomic E-state index is -0.688. The molecule has 1 unspecified atom stereocenters. The average molecular weight is 317 g/mol. The van der Waals surface area contributed by atoms with Crippen molar-refractivity contribution in [3.05, 3.63) is 54.6 Å². The van der Waals surface area contributed by atoms with Crippen molar-refractivity contribution >= 4 is 5.69 Å².